The molecule has 1 atom stereocenters. The van der Waals surface area contributed by atoms with E-state index in [2.05, 4.69) is 52.6 Å². The molecule has 2 aromatic heterocycles. The normalized spacial score (nSPS) is 16.3. The maximum atomic E-state index is 4.76. The van der Waals surface area contributed by atoms with E-state index >= 15 is 0 Å². The summed E-state index contributed by atoms with van der Waals surface area (Å²) in [5.74, 6) is 0. The van der Waals surface area contributed by atoms with E-state index in [1.165, 1.54) is 43.4 Å². The van der Waals surface area contributed by atoms with E-state index in [1.54, 1.807) is 0 Å². The van der Waals surface area contributed by atoms with Crippen molar-refractivity contribution in [3.8, 4) is 5.69 Å². The van der Waals surface area contributed by atoms with Crippen LogP contribution in [0.1, 0.15) is 62.0 Å². The van der Waals surface area contributed by atoms with Crippen LogP contribution in [0, 0.1) is 0 Å². The molecule has 0 fully saturated rings. The molecule has 0 amide bonds. The fraction of sp³-hybridized carbons (Fsp3) is 0.435. The SMILES string of the molecule is CCCCCN(Cc1cn(-c2ccccc2)nn1)C1CCCc2cccnc21. The molecule has 0 spiro atoms. The Morgan fingerprint density at radius 2 is 2.00 bits per heavy atom. The Kier molecular flexibility index (Phi) is 6.12. The number of aryl methyl sites for hydroxylation is 1. The van der Waals surface area contributed by atoms with Crippen LogP contribution in [0.2, 0.25) is 0 Å². The van der Waals surface area contributed by atoms with Crippen molar-refractivity contribution < 1.29 is 0 Å². The molecule has 1 unspecified atom stereocenters. The van der Waals surface area contributed by atoms with E-state index in [4.69, 9.17) is 4.98 Å². The van der Waals surface area contributed by atoms with Gasteiger partial charge in [0, 0.05) is 12.7 Å². The summed E-state index contributed by atoms with van der Waals surface area (Å²) in [7, 11) is 0. The molecule has 0 aliphatic heterocycles. The third-order valence-corrected chi connectivity index (χ3v) is 5.58. The van der Waals surface area contributed by atoms with Crippen molar-refractivity contribution in [3.63, 3.8) is 0 Å². The number of fused-ring (bicyclic) bond motifs is 1. The summed E-state index contributed by atoms with van der Waals surface area (Å²) in [5, 5.41) is 8.81. The number of pyridine rings is 1. The second-order valence-corrected chi connectivity index (χ2v) is 7.62. The molecule has 4 rings (SSSR count). The first-order chi connectivity index (χ1) is 13.8. The average molecular weight is 376 g/mol. The Hall–Kier alpha value is -2.53. The summed E-state index contributed by atoms with van der Waals surface area (Å²) in [6.45, 7) is 4.15. The van der Waals surface area contributed by atoms with Crippen LogP contribution in [-0.2, 0) is 13.0 Å². The van der Waals surface area contributed by atoms with Crippen LogP contribution in [0.25, 0.3) is 5.69 Å². The number of benzene rings is 1. The Morgan fingerprint density at radius 3 is 2.86 bits per heavy atom. The molecule has 5 nitrogen and oxygen atoms in total. The summed E-state index contributed by atoms with van der Waals surface area (Å²) < 4.78 is 1.87. The van der Waals surface area contributed by atoms with Gasteiger partial charge < -0.3 is 0 Å². The predicted molar refractivity (Wildman–Crippen MR) is 111 cm³/mol. The highest BCUT2D eigenvalue weighted by atomic mass is 15.4. The summed E-state index contributed by atoms with van der Waals surface area (Å²) in [6.07, 6.45) is 11.2. The van der Waals surface area contributed by atoms with Gasteiger partial charge in [-0.3, -0.25) is 9.88 Å². The highest BCUT2D eigenvalue weighted by Crippen LogP contribution is 2.33. The molecule has 2 heterocycles. The molecule has 1 aliphatic carbocycles. The molecule has 0 saturated carbocycles. The minimum atomic E-state index is 0.378. The molecule has 0 radical (unpaired) electrons. The smallest absolute Gasteiger partial charge is 0.0972 e. The summed E-state index contributed by atoms with van der Waals surface area (Å²) >= 11 is 0. The van der Waals surface area contributed by atoms with Gasteiger partial charge in [-0.25, -0.2) is 4.68 Å². The predicted octanol–water partition coefficient (Wildman–Crippen LogP) is 4.73. The highest BCUT2D eigenvalue weighted by Gasteiger charge is 2.27. The average Bonchev–Trinajstić information content (AvgIpc) is 3.22. The van der Waals surface area contributed by atoms with Crippen molar-refractivity contribution in [3.05, 3.63) is 71.8 Å². The third kappa shape index (κ3) is 4.30. The number of hydrogen-bond donors (Lipinski definition) is 0. The van der Waals surface area contributed by atoms with Gasteiger partial charge >= 0.3 is 0 Å². The summed E-state index contributed by atoms with van der Waals surface area (Å²) in [5.41, 5.74) is 4.74. The van der Waals surface area contributed by atoms with Gasteiger partial charge in [-0.15, -0.1) is 5.10 Å². The molecule has 0 N–H and O–H groups in total. The van der Waals surface area contributed by atoms with Crippen LogP contribution in [0.15, 0.2) is 54.9 Å². The summed E-state index contributed by atoms with van der Waals surface area (Å²) in [4.78, 5) is 7.33. The molecular formula is C23H29N5. The van der Waals surface area contributed by atoms with Gasteiger partial charge in [-0.05, 0) is 56.0 Å². The number of rotatable bonds is 8. The molecular weight excluding hydrogens is 346 g/mol. The van der Waals surface area contributed by atoms with E-state index in [0.29, 0.717) is 6.04 Å². The van der Waals surface area contributed by atoms with Crippen LogP contribution in [0.3, 0.4) is 0 Å². The number of para-hydroxylation sites is 1. The van der Waals surface area contributed by atoms with Crippen LogP contribution < -0.4 is 0 Å². The quantitative estimate of drug-likeness (QED) is 0.534. The molecule has 1 aromatic carbocycles. The van der Waals surface area contributed by atoms with Gasteiger partial charge in [0.15, 0.2) is 0 Å². The lowest BCUT2D eigenvalue weighted by atomic mass is 9.90. The Morgan fingerprint density at radius 1 is 1.11 bits per heavy atom. The first-order valence-corrected chi connectivity index (χ1v) is 10.5. The van der Waals surface area contributed by atoms with Crippen LogP contribution >= 0.6 is 0 Å². The lowest BCUT2D eigenvalue weighted by Crippen LogP contribution is -2.32. The maximum Gasteiger partial charge on any atom is 0.0972 e. The van der Waals surface area contributed by atoms with E-state index in [1.807, 2.05) is 29.1 Å². The Bertz CT molecular complexity index is 873. The second kappa shape index (κ2) is 9.11. The van der Waals surface area contributed by atoms with Crippen molar-refractivity contribution in [1.29, 1.82) is 0 Å². The van der Waals surface area contributed by atoms with E-state index in [0.717, 1.165) is 30.9 Å². The van der Waals surface area contributed by atoms with Crippen molar-refractivity contribution in [1.82, 2.24) is 24.9 Å². The fourth-order valence-electron chi connectivity index (χ4n) is 4.14. The van der Waals surface area contributed by atoms with Crippen molar-refractivity contribution >= 4 is 0 Å². The fourth-order valence-corrected chi connectivity index (χ4v) is 4.14. The molecule has 0 saturated heterocycles. The third-order valence-electron chi connectivity index (χ3n) is 5.58. The standard InChI is InChI=1S/C23H29N5/c1-2-3-7-16-27(22-14-8-10-19-11-9-15-24-23(19)22)17-20-18-28(26-25-20)21-12-5-4-6-13-21/h4-6,9,11-13,15,18,22H,2-3,7-8,10,14,16-17H2,1H3. The zero-order valence-corrected chi connectivity index (χ0v) is 16.7. The zero-order chi connectivity index (χ0) is 19.2. The Balaban J connectivity index is 1.55. The number of nitrogens with zero attached hydrogens (tertiary/aromatic N) is 5. The largest absolute Gasteiger partial charge is 0.289 e. The minimum Gasteiger partial charge on any atom is -0.289 e. The van der Waals surface area contributed by atoms with Crippen LogP contribution in [0.5, 0.6) is 0 Å². The second-order valence-electron chi connectivity index (χ2n) is 7.62. The highest BCUT2D eigenvalue weighted by molar-refractivity contribution is 5.30. The van der Waals surface area contributed by atoms with Gasteiger partial charge in [0.25, 0.3) is 0 Å². The van der Waals surface area contributed by atoms with Crippen LogP contribution in [-0.4, -0.2) is 31.4 Å². The van der Waals surface area contributed by atoms with Gasteiger partial charge in [0.05, 0.1) is 29.3 Å². The molecule has 146 valence electrons. The van der Waals surface area contributed by atoms with E-state index < -0.39 is 0 Å². The lowest BCUT2D eigenvalue weighted by Gasteiger charge is -2.34. The lowest BCUT2D eigenvalue weighted by molar-refractivity contribution is 0.160. The van der Waals surface area contributed by atoms with Crippen LogP contribution in [0.4, 0.5) is 0 Å². The number of hydrogen-bond acceptors (Lipinski definition) is 4. The number of aromatic nitrogens is 4. The van der Waals surface area contributed by atoms with E-state index in [-0.39, 0.29) is 0 Å². The van der Waals surface area contributed by atoms with Gasteiger partial charge in [-0.1, -0.05) is 49.2 Å². The monoisotopic (exact) mass is 375 g/mol. The minimum absolute atomic E-state index is 0.378. The molecule has 3 aromatic rings. The Labute approximate surface area is 167 Å². The van der Waals surface area contributed by atoms with Gasteiger partial charge in [-0.2, -0.15) is 0 Å². The van der Waals surface area contributed by atoms with Crippen molar-refractivity contribution in [2.24, 2.45) is 0 Å². The molecule has 28 heavy (non-hydrogen) atoms. The van der Waals surface area contributed by atoms with Crippen molar-refractivity contribution in [2.75, 3.05) is 6.54 Å². The first kappa shape index (κ1) is 18.8. The van der Waals surface area contributed by atoms with E-state index in [9.17, 15) is 0 Å². The van der Waals surface area contributed by atoms with Gasteiger partial charge in [0.2, 0.25) is 0 Å². The summed E-state index contributed by atoms with van der Waals surface area (Å²) in [6, 6.07) is 14.9. The topological polar surface area (TPSA) is 46.8 Å². The maximum absolute atomic E-state index is 4.76. The van der Waals surface area contributed by atoms with Crippen molar-refractivity contribution in [2.45, 2.75) is 58.0 Å². The molecule has 1 aliphatic rings. The molecule has 0 bridgehead atoms. The van der Waals surface area contributed by atoms with Gasteiger partial charge in [0.1, 0.15) is 0 Å². The zero-order valence-electron chi connectivity index (χ0n) is 16.7. The molecule has 5 heteroatoms. The first-order valence-electron chi connectivity index (χ1n) is 10.5. The number of unbranched alkanes of at least 4 members (excludes halogenated alkanes) is 2.